The predicted octanol–water partition coefficient (Wildman–Crippen LogP) is 6.56. The van der Waals surface area contributed by atoms with Gasteiger partial charge in [0.05, 0.1) is 12.5 Å². The summed E-state index contributed by atoms with van der Waals surface area (Å²) >= 11 is 0. The van der Waals surface area contributed by atoms with Gasteiger partial charge in [0.1, 0.15) is 11.3 Å². The first kappa shape index (κ1) is 24.5. The number of rotatable bonds is 7. The summed E-state index contributed by atoms with van der Waals surface area (Å²) in [5.41, 5.74) is 1.60. The molecule has 1 saturated heterocycles. The van der Waals surface area contributed by atoms with Crippen molar-refractivity contribution in [3.63, 3.8) is 0 Å². The van der Waals surface area contributed by atoms with Crippen LogP contribution in [-0.2, 0) is 15.1 Å². The van der Waals surface area contributed by atoms with Gasteiger partial charge in [-0.3, -0.25) is 14.5 Å². The lowest BCUT2D eigenvalue weighted by atomic mass is 9.72. The molecule has 0 aromatic heterocycles. The molecule has 0 N–H and O–H groups in total. The number of likely N-dealkylation sites (tertiary alicyclic amines) is 1. The van der Waals surface area contributed by atoms with Crippen LogP contribution in [0.3, 0.4) is 0 Å². The van der Waals surface area contributed by atoms with Crippen molar-refractivity contribution in [2.75, 3.05) is 7.11 Å². The zero-order valence-electron chi connectivity index (χ0n) is 21.4. The second kappa shape index (κ2) is 9.70. The Hall–Kier alpha value is -4.18. The lowest BCUT2D eigenvalue weighted by Crippen LogP contribution is -2.52. The van der Waals surface area contributed by atoms with E-state index in [1.165, 1.54) is 4.90 Å². The van der Waals surface area contributed by atoms with E-state index < -0.39 is 11.0 Å². The lowest BCUT2D eigenvalue weighted by Gasteiger charge is -2.43. The number of nitrogens with zero attached hydrogens (tertiary/aromatic N) is 1. The molecule has 4 aromatic carbocycles. The van der Waals surface area contributed by atoms with E-state index >= 15 is 0 Å². The second-order valence-electron chi connectivity index (χ2n) is 9.93. The predicted molar refractivity (Wildman–Crippen MR) is 145 cm³/mol. The zero-order valence-corrected chi connectivity index (χ0v) is 21.4. The van der Waals surface area contributed by atoms with E-state index in [-0.39, 0.29) is 24.2 Å². The first-order valence-corrected chi connectivity index (χ1v) is 12.6. The molecule has 4 heteroatoms. The minimum Gasteiger partial charge on any atom is -0.497 e. The average molecular weight is 490 g/mol. The number of benzene rings is 4. The number of carbonyl (C=O) groups is 2. The number of carbonyl (C=O) groups excluding carboxylic acids is 2. The Morgan fingerprint density at radius 1 is 0.730 bits per heavy atom. The molecule has 0 spiro atoms. The van der Waals surface area contributed by atoms with Crippen LogP contribution < -0.4 is 4.74 Å². The van der Waals surface area contributed by atoms with Gasteiger partial charge in [-0.25, -0.2) is 0 Å². The zero-order chi connectivity index (χ0) is 26.0. The van der Waals surface area contributed by atoms with Crippen molar-refractivity contribution >= 4 is 11.8 Å². The fourth-order valence-electron chi connectivity index (χ4n) is 5.70. The summed E-state index contributed by atoms with van der Waals surface area (Å²) < 4.78 is 5.32. The van der Waals surface area contributed by atoms with Gasteiger partial charge in [-0.15, -0.1) is 0 Å². The summed E-state index contributed by atoms with van der Waals surface area (Å²) in [4.78, 5) is 30.2. The Labute approximate surface area is 218 Å². The van der Waals surface area contributed by atoms with E-state index in [0.717, 1.165) is 28.0 Å². The Bertz CT molecular complexity index is 1290. The highest BCUT2D eigenvalue weighted by atomic mass is 16.5. The Morgan fingerprint density at radius 2 is 1.16 bits per heavy atom. The fraction of sp³-hybridized carbons (Fsp3) is 0.212. The van der Waals surface area contributed by atoms with Crippen LogP contribution in [0, 0.1) is 5.41 Å². The van der Waals surface area contributed by atoms with Crippen LogP contribution in [0.25, 0.3) is 0 Å². The van der Waals surface area contributed by atoms with Gasteiger partial charge in [0.15, 0.2) is 0 Å². The van der Waals surface area contributed by atoms with Crippen molar-refractivity contribution in [1.82, 2.24) is 4.90 Å². The van der Waals surface area contributed by atoms with E-state index in [1.807, 2.05) is 129 Å². The molecular weight excluding hydrogens is 458 g/mol. The summed E-state index contributed by atoms with van der Waals surface area (Å²) in [6, 6.07) is 37.4. The Morgan fingerprint density at radius 3 is 1.57 bits per heavy atom. The molecule has 0 saturated carbocycles. The maximum atomic E-state index is 14.6. The molecule has 5 rings (SSSR count). The van der Waals surface area contributed by atoms with Gasteiger partial charge in [-0.1, -0.05) is 110 Å². The van der Waals surface area contributed by atoms with Crippen LogP contribution in [0.15, 0.2) is 115 Å². The molecule has 0 bridgehead atoms. The van der Waals surface area contributed by atoms with Gasteiger partial charge >= 0.3 is 0 Å². The van der Waals surface area contributed by atoms with Crippen molar-refractivity contribution < 1.29 is 14.3 Å². The summed E-state index contributed by atoms with van der Waals surface area (Å²) in [7, 11) is 1.63. The molecule has 1 aliphatic rings. The van der Waals surface area contributed by atoms with Crippen LogP contribution in [0.4, 0.5) is 0 Å². The summed E-state index contributed by atoms with van der Waals surface area (Å²) in [6.07, 6.45) is 0.132. The Balaban J connectivity index is 1.72. The van der Waals surface area contributed by atoms with Gasteiger partial charge in [0, 0.05) is 6.42 Å². The topological polar surface area (TPSA) is 46.6 Å². The van der Waals surface area contributed by atoms with E-state index in [1.54, 1.807) is 7.11 Å². The third kappa shape index (κ3) is 3.93. The van der Waals surface area contributed by atoms with E-state index in [9.17, 15) is 9.59 Å². The summed E-state index contributed by atoms with van der Waals surface area (Å²) in [5, 5.41) is 0. The third-order valence-electron chi connectivity index (χ3n) is 7.94. The first-order valence-electron chi connectivity index (χ1n) is 12.6. The SMILES string of the molecule is COc1ccc([C@@H](C)[C@]2(C)CC(=O)N(C(c3ccccc3)(c3ccccc3)c3ccccc3)C2=O)cc1. The highest BCUT2D eigenvalue weighted by Gasteiger charge is 2.59. The Kier molecular flexibility index (Phi) is 6.43. The van der Waals surface area contributed by atoms with Crippen molar-refractivity contribution in [2.24, 2.45) is 5.41 Å². The molecule has 2 amide bonds. The molecule has 0 radical (unpaired) electrons. The van der Waals surface area contributed by atoms with Gasteiger partial charge in [0.25, 0.3) is 0 Å². The molecule has 2 atom stereocenters. The third-order valence-corrected chi connectivity index (χ3v) is 7.94. The van der Waals surface area contributed by atoms with Gasteiger partial charge in [-0.05, 0) is 47.2 Å². The maximum Gasteiger partial charge on any atom is 0.237 e. The second-order valence-corrected chi connectivity index (χ2v) is 9.93. The molecular formula is C33H31NO3. The van der Waals surface area contributed by atoms with E-state index in [0.29, 0.717) is 0 Å². The summed E-state index contributed by atoms with van der Waals surface area (Å²) in [5.74, 6) is 0.231. The highest BCUT2D eigenvalue weighted by molar-refractivity contribution is 6.08. The van der Waals surface area contributed by atoms with E-state index in [2.05, 4.69) is 0 Å². The molecule has 37 heavy (non-hydrogen) atoms. The van der Waals surface area contributed by atoms with Crippen molar-refractivity contribution in [1.29, 1.82) is 0 Å². The molecule has 1 aliphatic heterocycles. The van der Waals surface area contributed by atoms with Crippen LogP contribution in [0.2, 0.25) is 0 Å². The number of hydrogen-bond acceptors (Lipinski definition) is 3. The molecule has 0 aliphatic carbocycles. The number of hydrogen-bond donors (Lipinski definition) is 0. The molecule has 0 unspecified atom stereocenters. The number of ether oxygens (including phenoxy) is 1. The lowest BCUT2D eigenvalue weighted by molar-refractivity contribution is -0.146. The van der Waals surface area contributed by atoms with Crippen molar-refractivity contribution in [2.45, 2.75) is 31.7 Å². The molecule has 4 nitrogen and oxygen atoms in total. The first-order chi connectivity index (χ1) is 17.9. The van der Waals surface area contributed by atoms with Crippen molar-refractivity contribution in [3.05, 3.63) is 138 Å². The van der Waals surface area contributed by atoms with Crippen molar-refractivity contribution in [3.8, 4) is 5.75 Å². The van der Waals surface area contributed by atoms with Crippen LogP contribution in [-0.4, -0.2) is 23.8 Å². The van der Waals surface area contributed by atoms with Gasteiger partial charge in [-0.2, -0.15) is 0 Å². The maximum absolute atomic E-state index is 14.6. The van der Waals surface area contributed by atoms with Crippen LogP contribution in [0.5, 0.6) is 5.75 Å². The average Bonchev–Trinajstić information content (AvgIpc) is 3.19. The minimum atomic E-state index is -1.10. The standard InChI is InChI=1S/C33H31NO3/c1-24(25-19-21-29(37-3)22-20-25)32(2)23-30(35)34(31(32)36)33(26-13-7-4-8-14-26,27-15-9-5-10-16-27)28-17-11-6-12-18-28/h4-22,24H,23H2,1-3H3/t24-,32+/m1/s1. The largest absolute Gasteiger partial charge is 0.497 e. The monoisotopic (exact) mass is 489 g/mol. The summed E-state index contributed by atoms with van der Waals surface area (Å²) in [6.45, 7) is 3.96. The normalized spacial score (nSPS) is 18.6. The molecule has 4 aromatic rings. The number of methoxy groups -OCH3 is 1. The van der Waals surface area contributed by atoms with Crippen LogP contribution in [0.1, 0.15) is 48.4 Å². The highest BCUT2D eigenvalue weighted by Crippen LogP contribution is 2.52. The number of imide groups is 1. The van der Waals surface area contributed by atoms with E-state index in [4.69, 9.17) is 4.74 Å². The molecule has 1 heterocycles. The fourth-order valence-corrected chi connectivity index (χ4v) is 5.70. The van der Waals surface area contributed by atoms with Crippen LogP contribution >= 0.6 is 0 Å². The quantitative estimate of drug-likeness (QED) is 0.218. The molecule has 1 fully saturated rings. The minimum absolute atomic E-state index is 0.132. The van der Waals surface area contributed by atoms with Gasteiger partial charge < -0.3 is 4.74 Å². The smallest absolute Gasteiger partial charge is 0.237 e. The number of amides is 2. The van der Waals surface area contributed by atoms with Gasteiger partial charge in [0.2, 0.25) is 11.8 Å². The molecule has 186 valence electrons.